The van der Waals surface area contributed by atoms with E-state index in [0.29, 0.717) is 5.17 Å². The number of aryl methyl sites for hydroxylation is 1. The Labute approximate surface area is 156 Å². The summed E-state index contributed by atoms with van der Waals surface area (Å²) in [7, 11) is 0. The number of amidine groups is 1. The maximum atomic E-state index is 12.0. The average Bonchev–Trinajstić information content (AvgIpc) is 2.90. The Morgan fingerprint density at radius 3 is 2.54 bits per heavy atom. The second kappa shape index (κ2) is 8.89. The first-order valence-corrected chi connectivity index (χ1v) is 8.51. The van der Waals surface area contributed by atoms with Crippen LogP contribution in [0.25, 0.3) is 0 Å². The van der Waals surface area contributed by atoms with Crippen molar-refractivity contribution in [2.24, 2.45) is 4.99 Å². The normalized spacial score (nSPS) is 16.3. The lowest BCUT2D eigenvalue weighted by molar-refractivity contribution is -0.117. The number of hydrogen-bond acceptors (Lipinski definition) is 4. The largest absolute Gasteiger partial charge is 0.385 e. The van der Waals surface area contributed by atoms with Crippen LogP contribution >= 0.6 is 28.7 Å². The van der Waals surface area contributed by atoms with Gasteiger partial charge >= 0.3 is 0 Å². The molecule has 3 rings (SSSR count). The predicted octanol–water partition coefficient (Wildman–Crippen LogP) is 4.49. The molecule has 0 spiro atoms. The van der Waals surface area contributed by atoms with Gasteiger partial charge in [-0.3, -0.25) is 4.79 Å². The summed E-state index contributed by atoms with van der Waals surface area (Å²) < 4.78 is 0. The number of para-hydroxylation sites is 2. The van der Waals surface area contributed by atoms with Gasteiger partial charge in [0.1, 0.15) is 0 Å². The van der Waals surface area contributed by atoms with E-state index >= 15 is 0 Å². The van der Waals surface area contributed by atoms with E-state index < -0.39 is 0 Å². The van der Waals surface area contributed by atoms with Crippen molar-refractivity contribution in [3.63, 3.8) is 0 Å². The third-order valence-electron chi connectivity index (χ3n) is 3.64. The van der Waals surface area contributed by atoms with E-state index in [1.807, 2.05) is 61.5 Å². The third-order valence-corrected chi connectivity index (χ3v) is 4.78. The van der Waals surface area contributed by atoms with Crippen molar-refractivity contribution in [2.75, 3.05) is 17.2 Å². The van der Waals surface area contributed by atoms with Gasteiger partial charge in [-0.2, -0.15) is 4.99 Å². The molecule has 0 aliphatic carbocycles. The molecule has 1 atom stereocenters. The van der Waals surface area contributed by atoms with Gasteiger partial charge < -0.3 is 10.6 Å². The third kappa shape index (κ3) is 4.85. The number of amides is 1. The van der Waals surface area contributed by atoms with Crippen molar-refractivity contribution in [1.29, 1.82) is 0 Å². The highest BCUT2D eigenvalue weighted by molar-refractivity contribution is 8.93. The smallest absolute Gasteiger partial charge is 0.261 e. The Balaban J connectivity index is 0.00000208. The van der Waals surface area contributed by atoms with E-state index in [2.05, 4.69) is 15.6 Å². The molecule has 1 amide bonds. The van der Waals surface area contributed by atoms with Crippen LogP contribution < -0.4 is 10.6 Å². The fraction of sp³-hybridized carbons (Fsp3) is 0.222. The van der Waals surface area contributed by atoms with E-state index in [1.54, 1.807) is 0 Å². The zero-order chi connectivity index (χ0) is 16.1. The summed E-state index contributed by atoms with van der Waals surface area (Å²) in [6.07, 6.45) is 0.751. The van der Waals surface area contributed by atoms with Crippen LogP contribution in [0.2, 0.25) is 0 Å². The van der Waals surface area contributed by atoms with Crippen LogP contribution in [-0.4, -0.2) is 22.9 Å². The van der Waals surface area contributed by atoms with E-state index in [-0.39, 0.29) is 28.1 Å². The number of carbonyl (C=O) groups excluding carboxylic acids is 1. The monoisotopic (exact) mass is 405 g/mol. The molecule has 1 unspecified atom stereocenters. The number of anilines is 2. The molecule has 0 fully saturated rings. The molecular weight excluding hydrogens is 386 g/mol. The van der Waals surface area contributed by atoms with Gasteiger partial charge in [0.25, 0.3) is 5.91 Å². The number of hydrogen-bond donors (Lipinski definition) is 2. The van der Waals surface area contributed by atoms with Gasteiger partial charge in [-0.25, -0.2) is 0 Å². The van der Waals surface area contributed by atoms with E-state index in [1.165, 1.54) is 11.8 Å². The number of nitrogens with one attached hydrogen (secondary N) is 2. The molecular formula is C18H20BrN3OS. The first kappa shape index (κ1) is 18.5. The molecule has 0 saturated carbocycles. The molecule has 0 aromatic heterocycles. The molecule has 2 aromatic rings. The van der Waals surface area contributed by atoms with Gasteiger partial charge in [-0.15, -0.1) is 17.0 Å². The van der Waals surface area contributed by atoms with Crippen molar-refractivity contribution in [3.8, 4) is 0 Å². The highest BCUT2D eigenvalue weighted by atomic mass is 79.9. The molecule has 0 radical (unpaired) electrons. The number of thioether (sulfide) groups is 1. The molecule has 126 valence electrons. The lowest BCUT2D eigenvalue weighted by atomic mass is 10.2. The Hall–Kier alpha value is -1.79. The van der Waals surface area contributed by atoms with Crippen molar-refractivity contribution < 1.29 is 4.79 Å². The standard InChI is InChI=1S/C18H19N3OS.BrH/c1-13-7-5-6-10-15(13)20-18-21-17(22)16(23-18)11-12-19-14-8-3-2-4-9-14;/h2-10,16,19H,11-12H2,1H3,(H,20,21,22);1H. The first-order valence-electron chi connectivity index (χ1n) is 7.63. The number of aliphatic imine (C=N–C) groups is 1. The summed E-state index contributed by atoms with van der Waals surface area (Å²) in [5.41, 5.74) is 3.20. The van der Waals surface area contributed by atoms with Gasteiger partial charge in [0.05, 0.1) is 5.25 Å². The van der Waals surface area contributed by atoms with E-state index in [4.69, 9.17) is 0 Å². The van der Waals surface area contributed by atoms with Crippen LogP contribution in [0.15, 0.2) is 59.6 Å². The van der Waals surface area contributed by atoms with Crippen molar-refractivity contribution in [3.05, 3.63) is 60.2 Å². The minimum atomic E-state index is -0.113. The number of rotatable bonds is 5. The second-order valence-corrected chi connectivity index (χ2v) is 6.57. The molecule has 4 nitrogen and oxygen atoms in total. The number of nitrogens with zero attached hydrogens (tertiary/aromatic N) is 1. The van der Waals surface area contributed by atoms with Crippen molar-refractivity contribution >= 4 is 51.2 Å². The summed E-state index contributed by atoms with van der Waals surface area (Å²) in [5, 5.41) is 7.15. The Morgan fingerprint density at radius 2 is 1.79 bits per heavy atom. The number of halogens is 1. The Bertz CT molecular complexity index is 721. The van der Waals surface area contributed by atoms with Crippen LogP contribution in [-0.2, 0) is 4.79 Å². The van der Waals surface area contributed by atoms with E-state index in [9.17, 15) is 4.79 Å². The Morgan fingerprint density at radius 1 is 1.08 bits per heavy atom. The lowest BCUT2D eigenvalue weighted by Crippen LogP contribution is -2.16. The summed E-state index contributed by atoms with van der Waals surface area (Å²) in [6.45, 7) is 2.78. The van der Waals surface area contributed by atoms with Gasteiger partial charge in [-0.1, -0.05) is 48.2 Å². The van der Waals surface area contributed by atoms with Crippen LogP contribution in [0, 0.1) is 6.92 Å². The highest BCUT2D eigenvalue weighted by Gasteiger charge is 2.28. The average molecular weight is 406 g/mol. The van der Waals surface area contributed by atoms with Crippen molar-refractivity contribution in [1.82, 2.24) is 0 Å². The Kier molecular flexibility index (Phi) is 6.87. The summed E-state index contributed by atoms with van der Waals surface area (Å²) in [6, 6.07) is 18.0. The number of carbonyl (C=O) groups is 1. The molecule has 2 N–H and O–H groups in total. The van der Waals surface area contributed by atoms with Gasteiger partial charge in [0, 0.05) is 17.9 Å². The fourth-order valence-electron chi connectivity index (χ4n) is 2.36. The summed E-state index contributed by atoms with van der Waals surface area (Å²) >= 11 is 1.51. The molecule has 0 saturated heterocycles. The molecule has 6 heteroatoms. The lowest BCUT2D eigenvalue weighted by Gasteiger charge is -2.10. The number of benzene rings is 2. The molecule has 24 heavy (non-hydrogen) atoms. The van der Waals surface area contributed by atoms with Gasteiger partial charge in [0.15, 0.2) is 5.17 Å². The summed E-state index contributed by atoms with van der Waals surface area (Å²) in [5.74, 6) is -0.0547. The van der Waals surface area contributed by atoms with Crippen LogP contribution in [0.1, 0.15) is 12.0 Å². The van der Waals surface area contributed by atoms with Crippen molar-refractivity contribution in [2.45, 2.75) is 18.6 Å². The minimum Gasteiger partial charge on any atom is -0.385 e. The maximum Gasteiger partial charge on any atom is 0.261 e. The van der Waals surface area contributed by atoms with Crippen LogP contribution in [0.5, 0.6) is 0 Å². The molecule has 0 bridgehead atoms. The predicted molar refractivity (Wildman–Crippen MR) is 108 cm³/mol. The maximum absolute atomic E-state index is 12.0. The van der Waals surface area contributed by atoms with E-state index in [0.717, 1.165) is 29.9 Å². The fourth-order valence-corrected chi connectivity index (χ4v) is 3.33. The van der Waals surface area contributed by atoms with Crippen LogP contribution in [0.4, 0.5) is 11.4 Å². The SMILES string of the molecule is Br.Cc1ccccc1NC1=NC(=O)C(CCNc2ccccc2)S1. The van der Waals surface area contributed by atoms with Gasteiger partial charge in [0.2, 0.25) is 0 Å². The van der Waals surface area contributed by atoms with Gasteiger partial charge in [-0.05, 0) is 37.1 Å². The zero-order valence-electron chi connectivity index (χ0n) is 13.4. The second-order valence-electron chi connectivity index (χ2n) is 5.38. The minimum absolute atomic E-state index is 0. The summed E-state index contributed by atoms with van der Waals surface area (Å²) in [4.78, 5) is 16.2. The molecule has 1 aliphatic rings. The van der Waals surface area contributed by atoms with Crippen LogP contribution in [0.3, 0.4) is 0 Å². The topological polar surface area (TPSA) is 53.5 Å². The quantitative estimate of drug-likeness (QED) is 0.769. The first-order chi connectivity index (χ1) is 11.2. The highest BCUT2D eigenvalue weighted by Crippen LogP contribution is 2.27. The molecule has 2 aromatic carbocycles. The molecule has 1 heterocycles. The molecule has 1 aliphatic heterocycles. The zero-order valence-corrected chi connectivity index (χ0v) is 15.9.